The van der Waals surface area contributed by atoms with Gasteiger partial charge in [0.15, 0.2) is 0 Å². The van der Waals surface area contributed by atoms with Gasteiger partial charge in [-0.1, -0.05) is 20.3 Å². The molecule has 1 N–H and O–H groups in total. The van der Waals surface area contributed by atoms with E-state index in [1.54, 1.807) is 23.6 Å². The van der Waals surface area contributed by atoms with Crippen molar-refractivity contribution in [2.75, 3.05) is 12.3 Å². The fourth-order valence-electron chi connectivity index (χ4n) is 1.89. The zero-order valence-corrected chi connectivity index (χ0v) is 12.9. The third kappa shape index (κ3) is 5.43. The summed E-state index contributed by atoms with van der Waals surface area (Å²) in [5.41, 5.74) is 0. The van der Waals surface area contributed by atoms with Gasteiger partial charge in [0, 0.05) is 12.6 Å². The van der Waals surface area contributed by atoms with Gasteiger partial charge in [-0.2, -0.15) is 0 Å². The van der Waals surface area contributed by atoms with E-state index in [1.807, 2.05) is 6.92 Å². The summed E-state index contributed by atoms with van der Waals surface area (Å²) < 4.78 is 0. The molecule has 0 aromatic carbocycles. The molecule has 5 heteroatoms. The standard InChI is InChI=1S/C14H25NO3S/c1-4-5-8-19-11(3)13(16)15(12-6-7-12)9-10(2)14(17)18/h10-12H,4-9H2,1-3H3,(H,17,18). The van der Waals surface area contributed by atoms with E-state index in [9.17, 15) is 9.59 Å². The maximum Gasteiger partial charge on any atom is 0.308 e. The number of rotatable bonds is 9. The molecule has 0 aliphatic heterocycles. The van der Waals surface area contributed by atoms with Gasteiger partial charge >= 0.3 is 5.97 Å². The molecule has 2 atom stereocenters. The van der Waals surface area contributed by atoms with Crippen molar-refractivity contribution in [2.45, 2.75) is 57.7 Å². The van der Waals surface area contributed by atoms with Gasteiger partial charge in [0.05, 0.1) is 11.2 Å². The van der Waals surface area contributed by atoms with Gasteiger partial charge in [-0.25, -0.2) is 0 Å². The molecule has 0 spiro atoms. The Morgan fingerprint density at radius 3 is 2.47 bits per heavy atom. The first-order chi connectivity index (χ1) is 8.97. The topological polar surface area (TPSA) is 57.6 Å². The van der Waals surface area contributed by atoms with E-state index < -0.39 is 11.9 Å². The molecule has 1 rings (SSSR count). The van der Waals surface area contributed by atoms with Crippen molar-refractivity contribution in [3.63, 3.8) is 0 Å². The molecule has 1 aliphatic rings. The number of unbranched alkanes of at least 4 members (excludes halogenated alkanes) is 1. The van der Waals surface area contributed by atoms with Crippen LogP contribution in [0.4, 0.5) is 0 Å². The molecule has 0 aromatic rings. The fraction of sp³-hybridized carbons (Fsp3) is 0.857. The molecule has 2 unspecified atom stereocenters. The van der Waals surface area contributed by atoms with Gasteiger partial charge < -0.3 is 10.0 Å². The lowest BCUT2D eigenvalue weighted by molar-refractivity contribution is -0.143. The fourth-order valence-corrected chi connectivity index (χ4v) is 2.97. The number of carboxylic acids is 1. The highest BCUT2D eigenvalue weighted by Crippen LogP contribution is 2.30. The Morgan fingerprint density at radius 2 is 2.00 bits per heavy atom. The van der Waals surface area contributed by atoms with E-state index in [0.717, 1.165) is 31.4 Å². The lowest BCUT2D eigenvalue weighted by Crippen LogP contribution is -2.42. The number of carbonyl (C=O) groups excluding carboxylic acids is 1. The average Bonchev–Trinajstić information content (AvgIpc) is 3.19. The molecule has 0 bridgehead atoms. The summed E-state index contributed by atoms with van der Waals surface area (Å²) in [7, 11) is 0. The Hall–Kier alpha value is -0.710. The summed E-state index contributed by atoms with van der Waals surface area (Å²) >= 11 is 1.68. The van der Waals surface area contributed by atoms with E-state index in [1.165, 1.54) is 0 Å². The van der Waals surface area contributed by atoms with Crippen molar-refractivity contribution in [2.24, 2.45) is 5.92 Å². The summed E-state index contributed by atoms with van der Waals surface area (Å²) in [6, 6.07) is 0.281. The Kier molecular flexibility index (Phi) is 6.69. The van der Waals surface area contributed by atoms with Gasteiger partial charge in [-0.3, -0.25) is 9.59 Å². The molecule has 110 valence electrons. The third-order valence-electron chi connectivity index (χ3n) is 3.38. The van der Waals surface area contributed by atoms with Crippen molar-refractivity contribution >= 4 is 23.6 Å². The Bertz CT molecular complexity index is 318. The van der Waals surface area contributed by atoms with E-state index in [2.05, 4.69) is 6.92 Å². The smallest absolute Gasteiger partial charge is 0.308 e. The number of nitrogens with zero attached hydrogens (tertiary/aromatic N) is 1. The zero-order valence-electron chi connectivity index (χ0n) is 12.1. The highest BCUT2D eigenvalue weighted by Gasteiger charge is 2.36. The first-order valence-electron chi connectivity index (χ1n) is 7.12. The number of amides is 1. The largest absolute Gasteiger partial charge is 0.481 e. The van der Waals surface area contributed by atoms with Crippen molar-refractivity contribution < 1.29 is 14.7 Å². The van der Waals surface area contributed by atoms with Crippen molar-refractivity contribution in [3.8, 4) is 0 Å². The number of carboxylic acid groups (broad SMARTS) is 1. The molecule has 1 saturated carbocycles. The summed E-state index contributed by atoms with van der Waals surface area (Å²) in [5.74, 6) is -0.213. The summed E-state index contributed by atoms with van der Waals surface area (Å²) in [5, 5.41) is 8.92. The van der Waals surface area contributed by atoms with Crippen LogP contribution in [0.1, 0.15) is 46.5 Å². The van der Waals surface area contributed by atoms with Crippen molar-refractivity contribution in [3.05, 3.63) is 0 Å². The number of aliphatic carboxylic acids is 1. The van der Waals surface area contributed by atoms with Crippen molar-refractivity contribution in [1.29, 1.82) is 0 Å². The average molecular weight is 287 g/mol. The molecule has 0 aromatic heterocycles. The number of thioether (sulfide) groups is 1. The molecule has 1 aliphatic carbocycles. The highest BCUT2D eigenvalue weighted by atomic mass is 32.2. The van der Waals surface area contributed by atoms with Gasteiger partial charge in [0.25, 0.3) is 0 Å². The molecule has 1 fully saturated rings. The van der Waals surface area contributed by atoms with Crippen LogP contribution in [0.2, 0.25) is 0 Å². The quantitative estimate of drug-likeness (QED) is 0.662. The van der Waals surface area contributed by atoms with Crippen LogP contribution in [-0.2, 0) is 9.59 Å². The molecule has 4 nitrogen and oxygen atoms in total. The number of hydrogen-bond acceptors (Lipinski definition) is 3. The molecular formula is C14H25NO3S. The molecular weight excluding hydrogens is 262 g/mol. The second-order valence-electron chi connectivity index (χ2n) is 5.33. The predicted molar refractivity (Wildman–Crippen MR) is 78.4 cm³/mol. The maximum atomic E-state index is 12.4. The van der Waals surface area contributed by atoms with Crippen LogP contribution in [0.3, 0.4) is 0 Å². The molecule has 0 saturated heterocycles. The SMILES string of the molecule is CCCCSC(C)C(=O)N(CC(C)C(=O)O)C1CC1. The van der Waals surface area contributed by atoms with E-state index >= 15 is 0 Å². The summed E-state index contributed by atoms with van der Waals surface area (Å²) in [6.07, 6.45) is 4.29. The Balaban J connectivity index is 2.50. The van der Waals surface area contributed by atoms with Gasteiger partial charge in [-0.15, -0.1) is 11.8 Å². The minimum Gasteiger partial charge on any atom is -0.481 e. The highest BCUT2D eigenvalue weighted by molar-refractivity contribution is 8.00. The van der Waals surface area contributed by atoms with E-state index in [4.69, 9.17) is 5.11 Å². The Labute approximate surface area is 119 Å². The molecule has 19 heavy (non-hydrogen) atoms. The van der Waals surface area contributed by atoms with Crippen LogP contribution in [0, 0.1) is 5.92 Å². The second kappa shape index (κ2) is 7.78. The Morgan fingerprint density at radius 1 is 1.37 bits per heavy atom. The minimum absolute atomic E-state index is 0.0619. The van der Waals surface area contributed by atoms with Crippen LogP contribution in [0.15, 0.2) is 0 Å². The summed E-state index contributed by atoms with van der Waals surface area (Å²) in [6.45, 7) is 6.08. The monoisotopic (exact) mass is 287 g/mol. The molecule has 0 radical (unpaired) electrons. The maximum absolute atomic E-state index is 12.4. The lowest BCUT2D eigenvalue weighted by atomic mass is 10.1. The van der Waals surface area contributed by atoms with Crippen LogP contribution < -0.4 is 0 Å². The van der Waals surface area contributed by atoms with Gasteiger partial charge in [-0.05, 0) is 31.9 Å². The summed E-state index contributed by atoms with van der Waals surface area (Å²) in [4.78, 5) is 25.1. The number of carbonyl (C=O) groups is 2. The second-order valence-corrected chi connectivity index (χ2v) is 6.78. The van der Waals surface area contributed by atoms with Crippen LogP contribution in [0.25, 0.3) is 0 Å². The molecule has 0 heterocycles. The van der Waals surface area contributed by atoms with Crippen molar-refractivity contribution in [1.82, 2.24) is 4.90 Å². The van der Waals surface area contributed by atoms with Gasteiger partial charge in [0.1, 0.15) is 0 Å². The first kappa shape index (κ1) is 16.3. The van der Waals surface area contributed by atoms with Gasteiger partial charge in [0.2, 0.25) is 5.91 Å². The third-order valence-corrected chi connectivity index (χ3v) is 4.60. The first-order valence-corrected chi connectivity index (χ1v) is 8.17. The lowest BCUT2D eigenvalue weighted by Gasteiger charge is -2.27. The zero-order chi connectivity index (χ0) is 14.4. The van der Waals surface area contributed by atoms with Crippen LogP contribution >= 0.6 is 11.8 Å². The van der Waals surface area contributed by atoms with Crippen LogP contribution in [0.5, 0.6) is 0 Å². The number of hydrogen-bond donors (Lipinski definition) is 1. The predicted octanol–water partition coefficient (Wildman–Crippen LogP) is 2.62. The van der Waals surface area contributed by atoms with Crippen LogP contribution in [-0.4, -0.2) is 45.5 Å². The molecule has 1 amide bonds. The van der Waals surface area contributed by atoms with E-state index in [-0.39, 0.29) is 17.2 Å². The normalized spacial score (nSPS) is 17.8. The minimum atomic E-state index is -0.829. The van der Waals surface area contributed by atoms with E-state index in [0.29, 0.717) is 6.54 Å².